The van der Waals surface area contributed by atoms with Crippen LogP contribution in [0.15, 0.2) is 60.7 Å². The van der Waals surface area contributed by atoms with Gasteiger partial charge in [0.15, 0.2) is 0 Å². The molecule has 0 fully saturated rings. The first kappa shape index (κ1) is 30.8. The van der Waals surface area contributed by atoms with Crippen molar-refractivity contribution in [3.05, 3.63) is 71.8 Å². The number of hydrogen-bond donors (Lipinski definition) is 3. The normalized spacial score (nSPS) is 13.8. The summed E-state index contributed by atoms with van der Waals surface area (Å²) in [4.78, 5) is 41.7. The zero-order valence-electron chi connectivity index (χ0n) is 23.4. The van der Waals surface area contributed by atoms with Crippen molar-refractivity contribution in [3.8, 4) is 0 Å². The summed E-state index contributed by atoms with van der Waals surface area (Å²) >= 11 is 0. The highest BCUT2D eigenvalue weighted by atomic mass is 16.6. The molecule has 2 aromatic rings. The van der Waals surface area contributed by atoms with E-state index in [4.69, 9.17) is 4.74 Å². The second-order valence-corrected chi connectivity index (χ2v) is 11.0. The second kappa shape index (κ2) is 14.5. The second-order valence-electron chi connectivity index (χ2n) is 11.0. The lowest BCUT2D eigenvalue weighted by atomic mass is 9.97. The molecule has 0 bridgehead atoms. The summed E-state index contributed by atoms with van der Waals surface area (Å²) in [7, 11) is 0. The molecule has 8 heteroatoms. The van der Waals surface area contributed by atoms with Crippen LogP contribution in [0, 0.1) is 5.92 Å². The third kappa shape index (κ3) is 9.82. The first-order valence-electron chi connectivity index (χ1n) is 13.2. The fourth-order valence-electron chi connectivity index (χ4n) is 4.08. The molecule has 208 valence electrons. The van der Waals surface area contributed by atoms with Crippen molar-refractivity contribution < 1.29 is 24.2 Å². The Kier molecular flexibility index (Phi) is 11.8. The Morgan fingerprint density at radius 3 is 2.03 bits per heavy atom. The molecule has 8 nitrogen and oxygen atoms in total. The van der Waals surface area contributed by atoms with E-state index in [9.17, 15) is 19.5 Å². The summed E-state index contributed by atoms with van der Waals surface area (Å²) in [6, 6.07) is 16.0. The molecule has 0 heterocycles. The van der Waals surface area contributed by atoms with Crippen LogP contribution in [0.1, 0.15) is 71.6 Å². The van der Waals surface area contributed by atoms with E-state index in [-0.39, 0.29) is 11.9 Å². The number of hydrogen-bond acceptors (Lipinski definition) is 5. The number of nitrogens with one attached hydrogen (secondary N) is 2. The van der Waals surface area contributed by atoms with Crippen molar-refractivity contribution in [2.24, 2.45) is 5.92 Å². The van der Waals surface area contributed by atoms with E-state index in [2.05, 4.69) is 24.5 Å². The molecule has 0 aliphatic heterocycles. The minimum atomic E-state index is -1.28. The molecule has 3 unspecified atom stereocenters. The summed E-state index contributed by atoms with van der Waals surface area (Å²) in [5.41, 5.74) is 0.788. The van der Waals surface area contributed by atoms with Crippen molar-refractivity contribution >= 4 is 17.9 Å². The van der Waals surface area contributed by atoms with Crippen LogP contribution in [-0.4, -0.2) is 52.2 Å². The van der Waals surface area contributed by atoms with E-state index < -0.39 is 36.3 Å². The number of amides is 3. The van der Waals surface area contributed by atoms with Gasteiger partial charge < -0.3 is 25.4 Å². The number of benzene rings is 2. The Hall–Kier alpha value is -3.39. The van der Waals surface area contributed by atoms with Crippen LogP contribution in [-0.2, 0) is 20.9 Å². The van der Waals surface area contributed by atoms with E-state index >= 15 is 0 Å². The predicted octanol–water partition coefficient (Wildman–Crippen LogP) is 4.58. The highest BCUT2D eigenvalue weighted by Crippen LogP contribution is 2.27. The lowest BCUT2D eigenvalue weighted by molar-refractivity contribution is -0.146. The summed E-state index contributed by atoms with van der Waals surface area (Å²) in [5.74, 6) is -0.512. The zero-order chi connectivity index (χ0) is 28.3. The molecular formula is C30H43N3O5. The Morgan fingerprint density at radius 2 is 1.50 bits per heavy atom. The lowest BCUT2D eigenvalue weighted by Crippen LogP contribution is -2.56. The van der Waals surface area contributed by atoms with Crippen LogP contribution in [0.25, 0.3) is 0 Å². The number of alkyl carbamates (subject to hydrolysis) is 1. The number of aliphatic hydroxyl groups is 1. The van der Waals surface area contributed by atoms with Gasteiger partial charge in [-0.2, -0.15) is 0 Å². The quantitative estimate of drug-likeness (QED) is 0.376. The van der Waals surface area contributed by atoms with Crippen LogP contribution >= 0.6 is 0 Å². The molecule has 0 aliphatic rings. The molecule has 2 rings (SSSR count). The molecule has 3 atom stereocenters. The first-order valence-corrected chi connectivity index (χ1v) is 13.2. The van der Waals surface area contributed by atoms with E-state index in [0.29, 0.717) is 24.4 Å². The monoisotopic (exact) mass is 525 g/mol. The van der Waals surface area contributed by atoms with Crippen molar-refractivity contribution in [2.75, 3.05) is 6.61 Å². The minimum absolute atomic E-state index is 0.297. The Balaban J connectivity index is 2.44. The highest BCUT2D eigenvalue weighted by molar-refractivity contribution is 5.92. The number of aliphatic hydroxyl groups excluding tert-OH is 1. The van der Waals surface area contributed by atoms with Gasteiger partial charge in [0.05, 0.1) is 6.61 Å². The van der Waals surface area contributed by atoms with Gasteiger partial charge in [-0.25, -0.2) is 4.79 Å². The number of ether oxygens (including phenoxy) is 1. The maximum Gasteiger partial charge on any atom is 0.408 e. The summed E-state index contributed by atoms with van der Waals surface area (Å²) in [5, 5.41) is 15.6. The largest absolute Gasteiger partial charge is 0.444 e. The van der Waals surface area contributed by atoms with Crippen molar-refractivity contribution in [3.63, 3.8) is 0 Å². The first-order chi connectivity index (χ1) is 17.9. The number of carbonyl (C=O) groups excluding carboxylic acids is 3. The fourth-order valence-corrected chi connectivity index (χ4v) is 4.08. The van der Waals surface area contributed by atoms with E-state index in [0.717, 1.165) is 12.0 Å². The Labute approximate surface area is 226 Å². The molecule has 0 saturated carbocycles. The van der Waals surface area contributed by atoms with Crippen LogP contribution in [0.3, 0.4) is 0 Å². The van der Waals surface area contributed by atoms with Crippen LogP contribution in [0.2, 0.25) is 0 Å². The zero-order valence-corrected chi connectivity index (χ0v) is 23.4. The Morgan fingerprint density at radius 1 is 0.921 bits per heavy atom. The topological polar surface area (TPSA) is 108 Å². The third-order valence-electron chi connectivity index (χ3n) is 6.01. The standard InChI is InChI=1S/C30H43N3O5/c1-21(2)17-18-22(3)33(28(36)25(20-34)32-29(37)38-30(4,5)6)26(24-15-11-8-12-16-24)27(35)31-19-23-13-9-7-10-14-23/h7-16,21-22,25-26,34H,17-20H2,1-6H3,(H,31,35)(H,32,37). The van der Waals surface area contributed by atoms with E-state index in [1.54, 1.807) is 32.9 Å². The Bertz CT molecular complexity index is 1020. The number of rotatable bonds is 12. The summed E-state index contributed by atoms with van der Waals surface area (Å²) in [6.45, 7) is 10.9. The SMILES string of the molecule is CC(C)CCC(C)N(C(=O)C(CO)NC(=O)OC(C)(C)C)C(C(=O)NCc1ccccc1)c1ccccc1. The molecule has 0 spiro atoms. The molecule has 3 amide bonds. The molecule has 2 aromatic carbocycles. The van der Waals surface area contributed by atoms with Gasteiger partial charge in [0.2, 0.25) is 11.8 Å². The lowest BCUT2D eigenvalue weighted by Gasteiger charge is -2.38. The van der Waals surface area contributed by atoms with Crippen molar-refractivity contribution in [2.45, 2.75) is 84.7 Å². The molecule has 38 heavy (non-hydrogen) atoms. The molecule has 3 N–H and O–H groups in total. The van der Waals surface area contributed by atoms with Crippen molar-refractivity contribution in [1.82, 2.24) is 15.5 Å². The number of nitrogens with zero attached hydrogens (tertiary/aromatic N) is 1. The highest BCUT2D eigenvalue weighted by Gasteiger charge is 2.38. The third-order valence-corrected chi connectivity index (χ3v) is 6.01. The maximum absolute atomic E-state index is 14.0. The van der Waals surface area contributed by atoms with Gasteiger partial charge in [-0.3, -0.25) is 9.59 Å². The van der Waals surface area contributed by atoms with E-state index in [1.165, 1.54) is 4.90 Å². The van der Waals surface area contributed by atoms with Gasteiger partial charge >= 0.3 is 6.09 Å². The maximum atomic E-state index is 14.0. The van der Waals surface area contributed by atoms with Crippen LogP contribution in [0.4, 0.5) is 4.79 Å². The minimum Gasteiger partial charge on any atom is -0.444 e. The van der Waals surface area contributed by atoms with E-state index in [1.807, 2.05) is 55.5 Å². The van der Waals surface area contributed by atoms with Crippen LogP contribution < -0.4 is 10.6 Å². The summed E-state index contributed by atoms with van der Waals surface area (Å²) < 4.78 is 5.31. The van der Waals surface area contributed by atoms with Crippen LogP contribution in [0.5, 0.6) is 0 Å². The molecule has 0 aliphatic carbocycles. The fraction of sp³-hybridized carbons (Fsp3) is 0.500. The van der Waals surface area contributed by atoms with Gasteiger partial charge in [0.1, 0.15) is 17.7 Å². The molecule has 0 radical (unpaired) electrons. The predicted molar refractivity (Wildman–Crippen MR) is 148 cm³/mol. The number of carbonyl (C=O) groups is 3. The van der Waals surface area contributed by atoms with Gasteiger partial charge in [-0.15, -0.1) is 0 Å². The van der Waals surface area contributed by atoms with Gasteiger partial charge in [-0.05, 0) is 57.6 Å². The average molecular weight is 526 g/mol. The molecule has 0 saturated heterocycles. The average Bonchev–Trinajstić information content (AvgIpc) is 2.87. The molecular weight excluding hydrogens is 482 g/mol. The summed E-state index contributed by atoms with van der Waals surface area (Å²) in [6.07, 6.45) is 0.662. The van der Waals surface area contributed by atoms with Gasteiger partial charge in [0.25, 0.3) is 0 Å². The van der Waals surface area contributed by atoms with Gasteiger partial charge in [0, 0.05) is 12.6 Å². The van der Waals surface area contributed by atoms with Crippen molar-refractivity contribution in [1.29, 1.82) is 0 Å². The van der Waals surface area contributed by atoms with Gasteiger partial charge in [-0.1, -0.05) is 74.5 Å². The molecule has 0 aromatic heterocycles. The smallest absolute Gasteiger partial charge is 0.408 e.